The van der Waals surface area contributed by atoms with Gasteiger partial charge in [0.25, 0.3) is 0 Å². The highest BCUT2D eigenvalue weighted by atomic mass is 16.4. The molecule has 31 heavy (non-hydrogen) atoms. The van der Waals surface area contributed by atoms with Gasteiger partial charge in [-0.1, -0.05) is 83.8 Å². The van der Waals surface area contributed by atoms with Crippen molar-refractivity contribution in [3.05, 3.63) is 12.2 Å². The first-order valence-corrected chi connectivity index (χ1v) is 13.2. The lowest BCUT2D eigenvalue weighted by Gasteiger charge is -2.23. The summed E-state index contributed by atoms with van der Waals surface area (Å²) in [7, 11) is 0. The highest BCUT2D eigenvalue weighted by molar-refractivity contribution is 5.70. The molecule has 182 valence electrons. The third-order valence-corrected chi connectivity index (χ3v) is 7.05. The highest BCUT2D eigenvalue weighted by Gasteiger charge is 2.26. The van der Waals surface area contributed by atoms with Crippen molar-refractivity contribution >= 4 is 5.97 Å². The molecule has 0 aliphatic heterocycles. The molecule has 1 rings (SSSR count). The van der Waals surface area contributed by atoms with Crippen molar-refractivity contribution in [2.24, 2.45) is 17.8 Å². The van der Waals surface area contributed by atoms with Crippen LogP contribution in [0.3, 0.4) is 0 Å². The van der Waals surface area contributed by atoms with Crippen LogP contribution in [0.2, 0.25) is 0 Å². The smallest absolute Gasteiger partial charge is 0.309 e. The molecular formula is C27H50O4. The fourth-order valence-electron chi connectivity index (χ4n) is 4.84. The number of carboxylic acids is 1. The van der Waals surface area contributed by atoms with Crippen molar-refractivity contribution < 1.29 is 20.1 Å². The number of carbonyl (C=O) groups is 1. The molecule has 3 N–H and O–H groups in total. The minimum absolute atomic E-state index is 0.372. The Labute approximate surface area is 191 Å². The zero-order chi connectivity index (χ0) is 22.9. The average molecular weight is 439 g/mol. The summed E-state index contributed by atoms with van der Waals surface area (Å²) in [5.41, 5.74) is 0. The number of aliphatic hydroxyl groups is 2. The highest BCUT2D eigenvalue weighted by Crippen LogP contribution is 2.29. The Morgan fingerprint density at radius 2 is 1.32 bits per heavy atom. The molecule has 0 saturated carbocycles. The van der Waals surface area contributed by atoms with Crippen LogP contribution in [-0.2, 0) is 4.79 Å². The third kappa shape index (κ3) is 13.3. The SMILES string of the molecule is CCCCC[C@H](O)CC[C@H](O)[C@@H](CCCCC[C@H]1C=C[C@H](CCCCC)CC1)C(=O)O. The standard InChI is InChI=1S/C27H50O4/c1-3-5-8-12-22-16-18-23(19-17-22)13-10-7-11-15-25(27(30)31)26(29)21-20-24(28)14-9-6-4-2/h16,18,22-26,28-29H,3-15,17,19-21H2,1-2H3,(H,30,31)/t22-,23-,24-,25+,26-/m0/s1. The van der Waals surface area contributed by atoms with Crippen molar-refractivity contribution in [3.8, 4) is 0 Å². The Bertz CT molecular complexity index is 476. The summed E-state index contributed by atoms with van der Waals surface area (Å²) in [5.74, 6) is -0.137. The van der Waals surface area contributed by atoms with Crippen LogP contribution in [-0.4, -0.2) is 33.5 Å². The molecule has 0 radical (unpaired) electrons. The van der Waals surface area contributed by atoms with Crippen LogP contribution in [0.15, 0.2) is 12.2 Å². The molecule has 0 aromatic heterocycles. The number of unbranched alkanes of at least 4 members (excludes halogenated alkanes) is 6. The van der Waals surface area contributed by atoms with E-state index in [0.717, 1.165) is 50.9 Å². The number of carboxylic acid groups (broad SMARTS) is 1. The molecule has 1 aliphatic carbocycles. The summed E-state index contributed by atoms with van der Waals surface area (Å²) in [6.45, 7) is 4.39. The van der Waals surface area contributed by atoms with Gasteiger partial charge < -0.3 is 15.3 Å². The van der Waals surface area contributed by atoms with Crippen molar-refractivity contribution in [1.29, 1.82) is 0 Å². The lowest BCUT2D eigenvalue weighted by atomic mass is 9.83. The third-order valence-electron chi connectivity index (χ3n) is 7.05. The summed E-state index contributed by atoms with van der Waals surface area (Å²) in [6, 6.07) is 0. The summed E-state index contributed by atoms with van der Waals surface area (Å²) < 4.78 is 0. The largest absolute Gasteiger partial charge is 0.481 e. The fraction of sp³-hybridized carbons (Fsp3) is 0.889. The van der Waals surface area contributed by atoms with Gasteiger partial charge in [-0.25, -0.2) is 0 Å². The Morgan fingerprint density at radius 1 is 0.774 bits per heavy atom. The van der Waals surface area contributed by atoms with Crippen molar-refractivity contribution in [3.63, 3.8) is 0 Å². The van der Waals surface area contributed by atoms with Gasteiger partial charge in [0.15, 0.2) is 0 Å². The van der Waals surface area contributed by atoms with Crippen molar-refractivity contribution in [2.45, 2.75) is 135 Å². The van der Waals surface area contributed by atoms with Crippen LogP contribution in [0.25, 0.3) is 0 Å². The topological polar surface area (TPSA) is 77.8 Å². The Morgan fingerprint density at radius 3 is 1.87 bits per heavy atom. The molecule has 1 aliphatic rings. The second-order valence-electron chi connectivity index (χ2n) is 9.86. The lowest BCUT2D eigenvalue weighted by Crippen LogP contribution is -2.29. The zero-order valence-electron chi connectivity index (χ0n) is 20.3. The van der Waals surface area contributed by atoms with E-state index >= 15 is 0 Å². The van der Waals surface area contributed by atoms with E-state index in [1.54, 1.807) is 0 Å². The predicted molar refractivity (Wildman–Crippen MR) is 129 cm³/mol. The maximum Gasteiger partial charge on any atom is 0.309 e. The summed E-state index contributed by atoms with van der Waals surface area (Å²) in [5, 5.41) is 29.9. The van der Waals surface area contributed by atoms with E-state index < -0.39 is 24.1 Å². The number of hydrogen-bond acceptors (Lipinski definition) is 3. The lowest BCUT2D eigenvalue weighted by molar-refractivity contribution is -0.146. The predicted octanol–water partition coefficient (Wildman–Crippen LogP) is 6.88. The molecule has 0 saturated heterocycles. The first-order chi connectivity index (χ1) is 15.0. The quantitative estimate of drug-likeness (QED) is 0.152. The monoisotopic (exact) mass is 438 g/mol. The summed E-state index contributed by atoms with van der Waals surface area (Å²) >= 11 is 0. The van der Waals surface area contributed by atoms with E-state index in [-0.39, 0.29) is 0 Å². The minimum Gasteiger partial charge on any atom is -0.481 e. The Hall–Kier alpha value is -0.870. The number of aliphatic hydroxyl groups excluding tert-OH is 2. The van der Waals surface area contributed by atoms with Crippen LogP contribution >= 0.6 is 0 Å². The van der Waals surface area contributed by atoms with E-state index in [1.807, 2.05) is 0 Å². The molecular weight excluding hydrogens is 388 g/mol. The van der Waals surface area contributed by atoms with Crippen LogP contribution < -0.4 is 0 Å². The Balaban J connectivity index is 2.19. The second-order valence-corrected chi connectivity index (χ2v) is 9.86. The van der Waals surface area contributed by atoms with Crippen LogP contribution in [0.4, 0.5) is 0 Å². The fourth-order valence-corrected chi connectivity index (χ4v) is 4.84. The number of aliphatic carboxylic acids is 1. The van der Waals surface area contributed by atoms with Gasteiger partial charge in [-0.3, -0.25) is 4.79 Å². The van der Waals surface area contributed by atoms with Gasteiger partial charge in [0.05, 0.1) is 18.1 Å². The number of allylic oxidation sites excluding steroid dienone is 2. The first-order valence-electron chi connectivity index (χ1n) is 13.2. The van der Waals surface area contributed by atoms with Gasteiger partial charge in [0.1, 0.15) is 0 Å². The molecule has 0 amide bonds. The molecule has 0 spiro atoms. The molecule has 4 heteroatoms. The van der Waals surface area contributed by atoms with Crippen LogP contribution in [0.5, 0.6) is 0 Å². The molecule has 0 aromatic rings. The summed E-state index contributed by atoms with van der Waals surface area (Å²) in [4.78, 5) is 11.6. The van der Waals surface area contributed by atoms with Crippen molar-refractivity contribution in [1.82, 2.24) is 0 Å². The Kier molecular flexibility index (Phi) is 16.0. The molecule has 0 bridgehead atoms. The van der Waals surface area contributed by atoms with Gasteiger partial charge in [0.2, 0.25) is 0 Å². The van der Waals surface area contributed by atoms with Gasteiger partial charge >= 0.3 is 5.97 Å². The van der Waals surface area contributed by atoms with E-state index in [1.165, 1.54) is 44.9 Å². The van der Waals surface area contributed by atoms with Gasteiger partial charge in [0, 0.05) is 0 Å². The van der Waals surface area contributed by atoms with Gasteiger partial charge in [-0.05, 0) is 63.2 Å². The molecule has 0 fully saturated rings. The molecule has 0 unspecified atom stereocenters. The summed E-state index contributed by atoms with van der Waals surface area (Å²) in [6.07, 6.45) is 21.1. The van der Waals surface area contributed by atoms with E-state index in [4.69, 9.17) is 0 Å². The van der Waals surface area contributed by atoms with E-state index in [0.29, 0.717) is 25.2 Å². The second kappa shape index (κ2) is 17.7. The molecule has 4 nitrogen and oxygen atoms in total. The maximum atomic E-state index is 11.6. The number of rotatable bonds is 19. The average Bonchev–Trinajstić information content (AvgIpc) is 2.75. The van der Waals surface area contributed by atoms with Crippen LogP contribution in [0.1, 0.15) is 123 Å². The van der Waals surface area contributed by atoms with Gasteiger partial charge in [-0.2, -0.15) is 0 Å². The van der Waals surface area contributed by atoms with Crippen LogP contribution in [0, 0.1) is 17.8 Å². The molecule has 0 heterocycles. The van der Waals surface area contributed by atoms with E-state index in [2.05, 4.69) is 26.0 Å². The van der Waals surface area contributed by atoms with E-state index in [9.17, 15) is 20.1 Å². The maximum absolute atomic E-state index is 11.6. The molecule has 0 aromatic carbocycles. The van der Waals surface area contributed by atoms with Gasteiger partial charge in [-0.15, -0.1) is 0 Å². The molecule has 5 atom stereocenters. The first kappa shape index (κ1) is 28.2. The zero-order valence-corrected chi connectivity index (χ0v) is 20.3. The number of hydrogen-bond donors (Lipinski definition) is 3. The minimum atomic E-state index is -0.905. The van der Waals surface area contributed by atoms with Crippen molar-refractivity contribution in [2.75, 3.05) is 0 Å². The normalized spacial score (nSPS) is 21.7.